The van der Waals surface area contributed by atoms with Gasteiger partial charge in [-0.2, -0.15) is 10.4 Å². The van der Waals surface area contributed by atoms with Crippen LogP contribution < -0.4 is 5.63 Å². The maximum absolute atomic E-state index is 12.9. The van der Waals surface area contributed by atoms with Gasteiger partial charge in [0.2, 0.25) is 0 Å². The summed E-state index contributed by atoms with van der Waals surface area (Å²) >= 11 is 0. The molecule has 1 saturated carbocycles. The van der Waals surface area contributed by atoms with Crippen molar-refractivity contribution in [3.05, 3.63) is 58.4 Å². The molecule has 3 aromatic rings. The van der Waals surface area contributed by atoms with Gasteiger partial charge in [-0.15, -0.1) is 0 Å². The van der Waals surface area contributed by atoms with E-state index in [2.05, 4.69) is 11.2 Å². The van der Waals surface area contributed by atoms with Crippen LogP contribution in [0, 0.1) is 23.2 Å². The van der Waals surface area contributed by atoms with Gasteiger partial charge < -0.3 is 4.42 Å². The van der Waals surface area contributed by atoms with Gasteiger partial charge in [0.1, 0.15) is 11.5 Å². The van der Waals surface area contributed by atoms with E-state index in [-0.39, 0.29) is 17.9 Å². The van der Waals surface area contributed by atoms with E-state index in [4.69, 9.17) is 4.42 Å². The second kappa shape index (κ2) is 7.66. The van der Waals surface area contributed by atoms with Crippen molar-refractivity contribution in [1.82, 2.24) is 5.01 Å². The largest absolute Gasteiger partial charge is 0.422 e. The third kappa shape index (κ3) is 3.31. The Morgan fingerprint density at radius 3 is 2.77 bits per heavy atom. The normalized spacial score (nSPS) is 24.3. The number of hydrazone groups is 1. The smallest absolute Gasteiger partial charge is 0.345 e. The van der Waals surface area contributed by atoms with Crippen molar-refractivity contribution in [1.29, 1.82) is 5.26 Å². The van der Waals surface area contributed by atoms with Gasteiger partial charge >= 0.3 is 5.63 Å². The lowest BCUT2D eigenvalue weighted by Crippen LogP contribution is -2.51. The highest BCUT2D eigenvalue weighted by Gasteiger charge is 2.43. The van der Waals surface area contributed by atoms with Crippen molar-refractivity contribution in [2.24, 2.45) is 16.9 Å². The minimum absolute atomic E-state index is 0.00544. The fourth-order valence-corrected chi connectivity index (χ4v) is 5.08. The third-order valence-corrected chi connectivity index (χ3v) is 6.69. The van der Waals surface area contributed by atoms with Crippen LogP contribution >= 0.6 is 0 Å². The van der Waals surface area contributed by atoms with Crippen LogP contribution in [-0.4, -0.2) is 22.7 Å². The minimum atomic E-state index is -0.673. The molecule has 0 radical (unpaired) electrons. The summed E-state index contributed by atoms with van der Waals surface area (Å²) in [4.78, 5) is 25.7. The van der Waals surface area contributed by atoms with Crippen LogP contribution in [0.1, 0.15) is 44.6 Å². The van der Waals surface area contributed by atoms with Crippen LogP contribution in [0.15, 0.2) is 56.8 Å². The molecule has 1 saturated heterocycles. The quantitative estimate of drug-likeness (QED) is 0.349. The Hall–Kier alpha value is -3.46. The molecule has 2 aliphatic rings. The number of fused-ring (bicyclic) bond motifs is 4. The summed E-state index contributed by atoms with van der Waals surface area (Å²) in [5.41, 5.74) is 0.805. The zero-order chi connectivity index (χ0) is 21.5. The third-order valence-electron chi connectivity index (χ3n) is 6.69. The van der Waals surface area contributed by atoms with Crippen molar-refractivity contribution in [2.45, 2.75) is 45.1 Å². The van der Waals surface area contributed by atoms with Crippen molar-refractivity contribution in [3.63, 3.8) is 0 Å². The van der Waals surface area contributed by atoms with E-state index in [1.54, 1.807) is 19.1 Å². The highest BCUT2D eigenvalue weighted by Crippen LogP contribution is 2.38. The molecule has 1 aliphatic carbocycles. The molecule has 31 heavy (non-hydrogen) atoms. The Kier molecular flexibility index (Phi) is 4.82. The first kappa shape index (κ1) is 19.5. The van der Waals surface area contributed by atoms with Gasteiger partial charge in [0, 0.05) is 5.39 Å². The average Bonchev–Trinajstić information content (AvgIpc) is 2.80. The molecule has 2 heterocycles. The first-order chi connectivity index (χ1) is 15.1. The Morgan fingerprint density at radius 1 is 1.13 bits per heavy atom. The van der Waals surface area contributed by atoms with Gasteiger partial charge in [-0.25, -0.2) is 9.80 Å². The number of amides is 1. The predicted molar refractivity (Wildman–Crippen MR) is 119 cm³/mol. The molecule has 3 unspecified atom stereocenters. The second-order valence-electron chi connectivity index (χ2n) is 8.54. The standard InChI is InChI=1S/C25H23N3O3/c1-15(27-28-22-9-5-3-7-17(22)12-18(14-26)24(28)29)20-13-21-19-8-4-2-6-16(19)10-11-23(21)31-25(20)30/h2,4,6,8,10-11,13,17-18,22H,3,5,7,9,12H2,1H3. The van der Waals surface area contributed by atoms with Gasteiger partial charge in [0.15, 0.2) is 0 Å². The zero-order valence-corrected chi connectivity index (χ0v) is 17.4. The van der Waals surface area contributed by atoms with Gasteiger partial charge in [0.05, 0.1) is 23.4 Å². The average molecular weight is 413 g/mol. The van der Waals surface area contributed by atoms with Gasteiger partial charge in [-0.3, -0.25) is 4.79 Å². The van der Waals surface area contributed by atoms with E-state index in [0.717, 1.165) is 41.8 Å². The summed E-state index contributed by atoms with van der Waals surface area (Å²) in [6.07, 6.45) is 4.65. The van der Waals surface area contributed by atoms with E-state index in [1.807, 2.05) is 30.3 Å². The van der Waals surface area contributed by atoms with Crippen molar-refractivity contribution in [3.8, 4) is 6.07 Å². The number of nitrogens with zero attached hydrogens (tertiary/aromatic N) is 3. The van der Waals surface area contributed by atoms with E-state index in [1.165, 1.54) is 5.01 Å². The Labute approximate surface area is 179 Å². The van der Waals surface area contributed by atoms with Crippen LogP contribution in [0.3, 0.4) is 0 Å². The molecular weight excluding hydrogens is 390 g/mol. The van der Waals surface area contributed by atoms with Gasteiger partial charge in [-0.1, -0.05) is 43.2 Å². The van der Waals surface area contributed by atoms with Crippen molar-refractivity contribution < 1.29 is 9.21 Å². The fraction of sp³-hybridized carbons (Fsp3) is 0.360. The SMILES string of the molecule is CC(=NN1C(=O)C(C#N)CC2CCCCC21)c1cc2c(ccc3ccccc32)oc1=O. The molecule has 156 valence electrons. The van der Waals surface area contributed by atoms with Crippen LogP contribution in [-0.2, 0) is 4.79 Å². The number of hydrogen-bond donors (Lipinski definition) is 0. The summed E-state index contributed by atoms with van der Waals surface area (Å²) in [5.74, 6) is -0.655. The van der Waals surface area contributed by atoms with Crippen molar-refractivity contribution >= 4 is 33.4 Å². The summed E-state index contributed by atoms with van der Waals surface area (Å²) in [6.45, 7) is 1.73. The van der Waals surface area contributed by atoms with Crippen LogP contribution in [0.5, 0.6) is 0 Å². The predicted octanol–water partition coefficient (Wildman–Crippen LogP) is 4.60. The topological polar surface area (TPSA) is 86.7 Å². The fourth-order valence-electron chi connectivity index (χ4n) is 5.08. The molecule has 2 fully saturated rings. The number of rotatable bonds is 2. The van der Waals surface area contributed by atoms with Gasteiger partial charge in [0.25, 0.3) is 5.91 Å². The molecule has 3 atom stereocenters. The molecule has 6 heteroatoms. The molecule has 0 bridgehead atoms. The maximum atomic E-state index is 12.9. The number of piperidine rings is 1. The molecule has 0 N–H and O–H groups in total. The Morgan fingerprint density at radius 2 is 1.94 bits per heavy atom. The van der Waals surface area contributed by atoms with E-state index in [0.29, 0.717) is 23.3 Å². The molecule has 2 aromatic carbocycles. The summed E-state index contributed by atoms with van der Waals surface area (Å²) in [7, 11) is 0. The maximum Gasteiger partial charge on any atom is 0.345 e. The summed E-state index contributed by atoms with van der Waals surface area (Å²) < 4.78 is 5.59. The molecule has 1 aromatic heterocycles. The number of hydrogen-bond acceptors (Lipinski definition) is 5. The Bertz CT molecular complexity index is 1320. The summed E-state index contributed by atoms with van der Waals surface area (Å²) in [5, 5.41) is 18.4. The number of carbonyl (C=O) groups is 1. The van der Waals surface area contributed by atoms with Gasteiger partial charge in [-0.05, 0) is 55.0 Å². The van der Waals surface area contributed by atoms with Crippen LogP contribution in [0.2, 0.25) is 0 Å². The first-order valence-corrected chi connectivity index (χ1v) is 10.8. The van der Waals surface area contributed by atoms with Crippen LogP contribution in [0.25, 0.3) is 21.7 Å². The minimum Gasteiger partial charge on any atom is -0.422 e. The van der Waals surface area contributed by atoms with Crippen LogP contribution in [0.4, 0.5) is 0 Å². The van der Waals surface area contributed by atoms with Crippen molar-refractivity contribution in [2.75, 3.05) is 0 Å². The lowest BCUT2D eigenvalue weighted by Gasteiger charge is -2.42. The summed E-state index contributed by atoms with van der Waals surface area (Å²) in [6, 6.07) is 15.6. The monoisotopic (exact) mass is 413 g/mol. The molecule has 5 rings (SSSR count). The zero-order valence-electron chi connectivity index (χ0n) is 17.4. The lowest BCUT2D eigenvalue weighted by atomic mass is 9.75. The number of benzene rings is 2. The van der Waals surface area contributed by atoms with E-state index >= 15 is 0 Å². The molecular formula is C25H23N3O3. The lowest BCUT2D eigenvalue weighted by molar-refractivity contribution is -0.143. The Balaban J connectivity index is 1.61. The second-order valence-corrected chi connectivity index (χ2v) is 8.54. The molecule has 0 spiro atoms. The highest BCUT2D eigenvalue weighted by atomic mass is 16.4. The number of nitriles is 1. The first-order valence-electron chi connectivity index (χ1n) is 10.8. The highest BCUT2D eigenvalue weighted by molar-refractivity contribution is 6.08. The molecule has 1 amide bonds. The number of carbonyl (C=O) groups excluding carboxylic acids is 1. The molecule has 6 nitrogen and oxygen atoms in total. The van der Waals surface area contributed by atoms with E-state index < -0.39 is 11.5 Å². The molecule has 1 aliphatic heterocycles. The van der Waals surface area contributed by atoms with E-state index in [9.17, 15) is 14.9 Å².